The van der Waals surface area contributed by atoms with E-state index in [0.717, 1.165) is 23.8 Å². The number of aryl methyl sites for hydroxylation is 5. The monoisotopic (exact) mass is 1460 g/mol. The summed E-state index contributed by atoms with van der Waals surface area (Å²) < 4.78 is 47.9. The van der Waals surface area contributed by atoms with Crippen LogP contribution in [0, 0.1) is 20.8 Å². The zero-order valence-corrected chi connectivity index (χ0v) is 59.7. The number of hydrogen-bond acceptors (Lipinski definition) is 23. The second kappa shape index (κ2) is 28.0. The van der Waals surface area contributed by atoms with E-state index >= 15 is 4.79 Å². The molecule has 0 bridgehead atoms. The molecule has 14 aromatic rings. The molecule has 6 N–H and O–H groups in total. The summed E-state index contributed by atoms with van der Waals surface area (Å²) in [5.41, 5.74) is 6.92. The molecular weight excluding hydrogens is 1400 g/mol. The molecule has 0 unspecified atom stereocenters. The van der Waals surface area contributed by atoms with Crippen molar-refractivity contribution in [2.75, 3.05) is 38.8 Å². The summed E-state index contributed by atoms with van der Waals surface area (Å²) in [4.78, 5) is 115. The summed E-state index contributed by atoms with van der Waals surface area (Å²) in [7, 11) is 1.00. The Kier molecular flexibility index (Phi) is 17.7. The number of carbonyl (C=O) groups excluding carboxylic acids is 4. The molecule has 0 saturated carbocycles. The predicted molar refractivity (Wildman–Crippen MR) is 416 cm³/mol. The van der Waals surface area contributed by atoms with Gasteiger partial charge in [0.15, 0.2) is 23.1 Å². The van der Waals surface area contributed by atoms with Crippen molar-refractivity contribution in [2.45, 2.75) is 25.7 Å². The van der Waals surface area contributed by atoms with Crippen LogP contribution in [0.5, 0.6) is 23.5 Å². The van der Waals surface area contributed by atoms with Gasteiger partial charge in [0.05, 0.1) is 57.5 Å². The van der Waals surface area contributed by atoms with Crippen LogP contribution in [0.4, 0.5) is 57.9 Å². The molecule has 109 heavy (non-hydrogen) atoms. The number of carbonyl (C=O) groups is 4. The summed E-state index contributed by atoms with van der Waals surface area (Å²) in [6, 6.07) is 61.4. The third-order valence-corrected chi connectivity index (χ3v) is 20.1. The van der Waals surface area contributed by atoms with Crippen LogP contribution >= 0.6 is 0 Å². The van der Waals surface area contributed by atoms with Crippen LogP contribution in [-0.2, 0) is 28.4 Å². The molecule has 27 heteroatoms. The van der Waals surface area contributed by atoms with Gasteiger partial charge >= 0.3 is 19.6 Å². The van der Waals surface area contributed by atoms with Crippen molar-refractivity contribution in [3.05, 3.63) is 300 Å². The molecule has 4 heterocycles. The normalized spacial score (nSPS) is 11.9. The van der Waals surface area contributed by atoms with Crippen molar-refractivity contribution in [3.8, 4) is 45.8 Å². The molecule has 533 valence electrons. The third-order valence-electron chi connectivity index (χ3n) is 18.8. The van der Waals surface area contributed by atoms with E-state index in [0.29, 0.717) is 78.2 Å². The van der Waals surface area contributed by atoms with Crippen molar-refractivity contribution < 1.29 is 41.3 Å². The average Bonchev–Trinajstić information content (AvgIpc) is 0.712. The molecule has 4 aromatic heterocycles. The van der Waals surface area contributed by atoms with Crippen LogP contribution < -0.4 is 52.3 Å². The van der Waals surface area contributed by atoms with Crippen LogP contribution in [-0.4, -0.2) is 85.2 Å². The SMILES string of the molecule is COS(=O)(=O)c1ccc(Nc2nc(N[B]Nc3nc(Nc4ccc(C)c(Nc5ccc6c7c5C(=O)c5ccccc5-c7c(C(=O)c5cccc(C)c5)c(=O)n6C)c4)nc(Oc4ccccc4)n3)nc(Oc3ccccc3)n2)cc1Nc1ccc2c3c1C(=O)c1ccccc1-c3c(C(=O)c1cccc(C)c1)c(=O)n2C. The minimum Gasteiger partial charge on any atom is -0.424 e. The topological polar surface area (TPSA) is 324 Å². The third kappa shape index (κ3) is 12.9. The van der Waals surface area contributed by atoms with Gasteiger partial charge in [-0.25, -0.2) is 0 Å². The second-order valence-electron chi connectivity index (χ2n) is 25.8. The van der Waals surface area contributed by atoms with Gasteiger partial charge in [0.25, 0.3) is 21.2 Å². The largest absolute Gasteiger partial charge is 0.424 e. The Morgan fingerprint density at radius 2 is 0.835 bits per heavy atom. The molecule has 0 fully saturated rings. The zero-order chi connectivity index (χ0) is 75.5. The highest BCUT2D eigenvalue weighted by Crippen LogP contribution is 2.47. The van der Waals surface area contributed by atoms with Gasteiger partial charge in [-0.2, -0.15) is 38.3 Å². The molecule has 2 aliphatic carbocycles. The number of benzene rings is 10. The maximum absolute atomic E-state index is 15.0. The average molecular weight is 1460 g/mol. The lowest BCUT2D eigenvalue weighted by Gasteiger charge is -2.26. The highest BCUT2D eigenvalue weighted by molar-refractivity contribution is 7.87. The first kappa shape index (κ1) is 69.1. The highest BCUT2D eigenvalue weighted by Gasteiger charge is 2.37. The molecule has 10 aromatic carbocycles. The predicted octanol–water partition coefficient (Wildman–Crippen LogP) is 14.5. The summed E-state index contributed by atoms with van der Waals surface area (Å²) in [6.07, 6.45) is 0. The zero-order valence-electron chi connectivity index (χ0n) is 58.8. The first-order chi connectivity index (χ1) is 52.7. The van der Waals surface area contributed by atoms with Crippen LogP contribution in [0.1, 0.15) is 80.4 Å². The summed E-state index contributed by atoms with van der Waals surface area (Å²) in [6.45, 7) is 5.62. The fourth-order valence-electron chi connectivity index (χ4n) is 13.6. The first-order valence-electron chi connectivity index (χ1n) is 34.1. The molecule has 16 rings (SSSR count). The number of hydrogen-bond donors (Lipinski definition) is 6. The standard InChI is InChI=1S/C82H60BN14O11S/c1-43-19-17-21-46(39-43)71(98)69-63-52-27-13-15-29-54(52)73(100)65-56(34-36-60(67(63)65)96(4)75(69)102)86-58-41-48(32-31-45(58)3)84-77-88-79(92-81(90-77)107-50-23-9-7-10-24-50)94-83-95-80-89-78(91-82(93-80)108-51-25-11-8-12-26-51)85-49-33-38-62(109(104,105)106-6)59(42-49)87-57-35-37-61-68-64(53-28-14-16-30-55(53)74(101)66(57)68)70(76(103)97(61)5)72(99)47-22-18-20-44(2)40-47/h7-42,86-87H,1-6H3,(H2,84,88,90,92,94)(H2,85,89,91,93,95). The quantitative estimate of drug-likeness (QED) is 0.0209. The minimum absolute atomic E-state index is 0.0249. The first-order valence-corrected chi connectivity index (χ1v) is 35.5. The van der Waals surface area contributed by atoms with Gasteiger partial charge < -0.3 is 50.3 Å². The summed E-state index contributed by atoms with van der Waals surface area (Å²) in [5, 5.41) is 20.0. The van der Waals surface area contributed by atoms with Crippen molar-refractivity contribution in [2.24, 2.45) is 14.1 Å². The molecular formula is C82H60BN14O11S. The van der Waals surface area contributed by atoms with Crippen molar-refractivity contribution >= 4 is 121 Å². The van der Waals surface area contributed by atoms with Crippen LogP contribution in [0.3, 0.4) is 0 Å². The molecule has 0 aliphatic heterocycles. The molecule has 1 radical (unpaired) electrons. The van der Waals surface area contributed by atoms with E-state index in [-0.39, 0.29) is 102 Å². The van der Waals surface area contributed by atoms with Gasteiger partial charge in [-0.05, 0) is 128 Å². The highest BCUT2D eigenvalue weighted by atomic mass is 32.2. The van der Waals surface area contributed by atoms with E-state index in [2.05, 4.69) is 56.6 Å². The van der Waals surface area contributed by atoms with Gasteiger partial charge in [-0.1, -0.05) is 139 Å². The maximum atomic E-state index is 15.0. The summed E-state index contributed by atoms with van der Waals surface area (Å²) in [5.74, 6) is -1.11. The number of fused-ring (bicyclic) bond motifs is 4. The molecule has 25 nitrogen and oxygen atoms in total. The lowest BCUT2D eigenvalue weighted by molar-refractivity contribution is 0.102. The van der Waals surface area contributed by atoms with Gasteiger partial charge in [-0.15, -0.1) is 0 Å². The van der Waals surface area contributed by atoms with Gasteiger partial charge in [0, 0.05) is 75.3 Å². The molecule has 2 aliphatic rings. The summed E-state index contributed by atoms with van der Waals surface area (Å²) >= 11 is 0. The lowest BCUT2D eigenvalue weighted by Crippen LogP contribution is -2.29. The fourth-order valence-corrected chi connectivity index (χ4v) is 14.4. The molecule has 0 saturated heterocycles. The minimum atomic E-state index is -4.48. The Bertz CT molecular complexity index is 6460. The Balaban J connectivity index is 0.706. The number of pyridine rings is 2. The van der Waals surface area contributed by atoms with Crippen LogP contribution in [0.2, 0.25) is 0 Å². The van der Waals surface area contributed by atoms with Crippen LogP contribution in [0.25, 0.3) is 44.1 Å². The smallest absolute Gasteiger partial charge is 0.390 e. The number of nitrogens with zero attached hydrogens (tertiary/aromatic N) is 8. The van der Waals surface area contributed by atoms with E-state index in [1.807, 2.05) is 63.2 Å². The number of ketones is 4. The number of para-hydroxylation sites is 2. The van der Waals surface area contributed by atoms with Crippen molar-refractivity contribution in [1.82, 2.24) is 39.0 Å². The number of ether oxygens (including phenoxy) is 2. The Morgan fingerprint density at radius 3 is 1.29 bits per heavy atom. The Morgan fingerprint density at radius 1 is 0.413 bits per heavy atom. The second-order valence-corrected chi connectivity index (χ2v) is 27.5. The van der Waals surface area contributed by atoms with E-state index in [9.17, 15) is 32.4 Å². The van der Waals surface area contributed by atoms with Gasteiger partial charge in [0.1, 0.15) is 16.4 Å². The van der Waals surface area contributed by atoms with Crippen molar-refractivity contribution in [3.63, 3.8) is 0 Å². The lowest BCUT2D eigenvalue weighted by atomic mass is 9.80. The molecule has 0 amide bonds. The van der Waals surface area contributed by atoms with Gasteiger partial charge in [-0.3, -0.25) is 33.0 Å². The van der Waals surface area contributed by atoms with E-state index < -0.39 is 38.6 Å². The number of aromatic nitrogens is 8. The Hall–Kier alpha value is -14.3. The van der Waals surface area contributed by atoms with E-state index in [4.69, 9.17) is 18.6 Å². The van der Waals surface area contributed by atoms with E-state index in [1.165, 1.54) is 41.9 Å². The molecule has 0 spiro atoms. The van der Waals surface area contributed by atoms with Crippen LogP contribution in [0.15, 0.2) is 233 Å². The van der Waals surface area contributed by atoms with Gasteiger partial charge in [0.2, 0.25) is 23.8 Å². The molecule has 0 atom stereocenters. The fraction of sp³-hybridized carbons (Fsp3) is 0.0732. The van der Waals surface area contributed by atoms with E-state index in [1.54, 1.807) is 165 Å². The number of anilines is 10. The number of rotatable bonds is 22. The number of nitrogens with one attached hydrogen (secondary N) is 6. The van der Waals surface area contributed by atoms with Crippen molar-refractivity contribution in [1.29, 1.82) is 0 Å². The maximum Gasteiger partial charge on any atom is 0.390 e. The Labute approximate surface area is 622 Å².